The molecule has 0 radical (unpaired) electrons. The predicted molar refractivity (Wildman–Crippen MR) is 46.9 cm³/mol. The number of hydrogen-bond acceptors (Lipinski definition) is 3. The highest BCUT2D eigenvalue weighted by Gasteiger charge is 2.44. The van der Waals surface area contributed by atoms with Crippen LogP contribution in [0.2, 0.25) is 0 Å². The molecule has 2 aliphatic rings. The van der Waals surface area contributed by atoms with Gasteiger partial charge in [0, 0.05) is 5.92 Å². The van der Waals surface area contributed by atoms with Gasteiger partial charge in [-0.15, -0.1) is 0 Å². The molecule has 3 nitrogen and oxygen atoms in total. The van der Waals surface area contributed by atoms with E-state index in [1.165, 1.54) is 0 Å². The molecule has 0 aromatic rings. The van der Waals surface area contributed by atoms with Gasteiger partial charge >= 0.3 is 5.97 Å². The summed E-state index contributed by atoms with van der Waals surface area (Å²) in [6, 6.07) is 0. The number of esters is 1. The average molecular weight is 182 g/mol. The molecule has 1 fully saturated rings. The summed E-state index contributed by atoms with van der Waals surface area (Å²) in [6.45, 7) is 2.03. The van der Waals surface area contributed by atoms with Gasteiger partial charge < -0.3 is 9.84 Å². The molecule has 1 aliphatic heterocycles. The fourth-order valence-corrected chi connectivity index (χ4v) is 2.20. The molecule has 0 unspecified atom stereocenters. The smallest absolute Gasteiger partial charge is 0.310 e. The van der Waals surface area contributed by atoms with E-state index in [1.807, 2.05) is 6.08 Å². The quantitative estimate of drug-likeness (QED) is 0.480. The Kier molecular flexibility index (Phi) is 2.12. The molecule has 1 saturated heterocycles. The number of allylic oxidation sites excluding steroid dienone is 1. The molecule has 0 aromatic heterocycles. The molecular weight excluding hydrogens is 168 g/mol. The minimum Gasteiger partial charge on any atom is -0.459 e. The highest BCUT2D eigenvalue weighted by molar-refractivity contribution is 5.76. The van der Waals surface area contributed by atoms with E-state index in [-0.39, 0.29) is 30.5 Å². The first-order valence-corrected chi connectivity index (χ1v) is 4.72. The van der Waals surface area contributed by atoms with Gasteiger partial charge in [-0.1, -0.05) is 19.1 Å². The summed E-state index contributed by atoms with van der Waals surface area (Å²) in [5, 5.41) is 8.98. The summed E-state index contributed by atoms with van der Waals surface area (Å²) in [6.07, 6.45) is 4.67. The Bertz CT molecular complexity index is 247. The maximum absolute atomic E-state index is 11.4. The number of ether oxygens (including phenoxy) is 1. The van der Waals surface area contributed by atoms with Crippen molar-refractivity contribution in [1.29, 1.82) is 0 Å². The van der Waals surface area contributed by atoms with Crippen LogP contribution in [0.3, 0.4) is 0 Å². The van der Waals surface area contributed by atoms with Gasteiger partial charge in [-0.25, -0.2) is 0 Å². The summed E-state index contributed by atoms with van der Waals surface area (Å²) >= 11 is 0. The van der Waals surface area contributed by atoms with Gasteiger partial charge in [0.2, 0.25) is 0 Å². The van der Waals surface area contributed by atoms with Crippen molar-refractivity contribution >= 4 is 5.97 Å². The van der Waals surface area contributed by atoms with E-state index in [2.05, 4.69) is 13.0 Å². The predicted octanol–water partition coefficient (Wildman–Crippen LogP) is 0.733. The maximum atomic E-state index is 11.4. The van der Waals surface area contributed by atoms with E-state index >= 15 is 0 Å². The van der Waals surface area contributed by atoms with Gasteiger partial charge in [-0.05, 0) is 12.3 Å². The monoisotopic (exact) mass is 182 g/mol. The second-order valence-electron chi connectivity index (χ2n) is 3.94. The van der Waals surface area contributed by atoms with E-state index in [9.17, 15) is 4.79 Å². The van der Waals surface area contributed by atoms with Gasteiger partial charge in [-0.3, -0.25) is 4.79 Å². The summed E-state index contributed by atoms with van der Waals surface area (Å²) in [4.78, 5) is 11.4. The number of carbonyl (C=O) groups excluding carboxylic acids is 1. The van der Waals surface area contributed by atoms with Crippen molar-refractivity contribution in [3.63, 3.8) is 0 Å². The number of rotatable bonds is 1. The van der Waals surface area contributed by atoms with Gasteiger partial charge in [0.15, 0.2) is 0 Å². The average Bonchev–Trinajstić information content (AvgIpc) is 2.43. The molecular formula is C10H14O3. The zero-order valence-electron chi connectivity index (χ0n) is 7.64. The molecule has 13 heavy (non-hydrogen) atoms. The number of aliphatic hydroxyl groups excluding tert-OH is 1. The Morgan fingerprint density at radius 3 is 3.08 bits per heavy atom. The Labute approximate surface area is 77.4 Å². The lowest BCUT2D eigenvalue weighted by Gasteiger charge is -2.22. The molecule has 1 aliphatic carbocycles. The summed E-state index contributed by atoms with van der Waals surface area (Å²) in [5.74, 6) is 0.400. The van der Waals surface area contributed by atoms with Crippen molar-refractivity contribution in [3.8, 4) is 0 Å². The first-order chi connectivity index (χ1) is 6.22. The Balaban J connectivity index is 2.20. The SMILES string of the molecule is C[C@@H]1C=C[C@@H]2[C@H](CO)OC(=O)[C@@H]2C1. The van der Waals surface area contributed by atoms with Crippen LogP contribution in [0.25, 0.3) is 0 Å². The van der Waals surface area contributed by atoms with Gasteiger partial charge in [-0.2, -0.15) is 0 Å². The first kappa shape index (κ1) is 8.75. The second kappa shape index (κ2) is 3.14. The fraction of sp³-hybridized carbons (Fsp3) is 0.700. The Morgan fingerprint density at radius 2 is 2.38 bits per heavy atom. The molecule has 4 atom stereocenters. The Hall–Kier alpha value is -0.830. The van der Waals surface area contributed by atoms with Crippen molar-refractivity contribution in [3.05, 3.63) is 12.2 Å². The molecule has 0 amide bonds. The van der Waals surface area contributed by atoms with Crippen LogP contribution in [0.15, 0.2) is 12.2 Å². The van der Waals surface area contributed by atoms with E-state index in [0.717, 1.165) is 6.42 Å². The summed E-state index contributed by atoms with van der Waals surface area (Å²) in [7, 11) is 0. The van der Waals surface area contributed by atoms with Crippen LogP contribution in [0, 0.1) is 17.8 Å². The van der Waals surface area contributed by atoms with Crippen molar-refractivity contribution < 1.29 is 14.6 Å². The molecule has 0 saturated carbocycles. The van der Waals surface area contributed by atoms with Crippen LogP contribution in [-0.4, -0.2) is 23.8 Å². The van der Waals surface area contributed by atoms with Crippen LogP contribution in [0.4, 0.5) is 0 Å². The van der Waals surface area contributed by atoms with Gasteiger partial charge in [0.25, 0.3) is 0 Å². The normalized spacial score (nSPS) is 43.1. The topological polar surface area (TPSA) is 46.5 Å². The lowest BCUT2D eigenvalue weighted by molar-refractivity contribution is -0.145. The third-order valence-corrected chi connectivity index (χ3v) is 2.93. The number of hydrogen-bond donors (Lipinski definition) is 1. The van der Waals surface area contributed by atoms with Crippen molar-refractivity contribution in [1.82, 2.24) is 0 Å². The van der Waals surface area contributed by atoms with Crippen molar-refractivity contribution in [2.24, 2.45) is 17.8 Å². The zero-order valence-corrected chi connectivity index (χ0v) is 7.64. The number of carbonyl (C=O) groups is 1. The Morgan fingerprint density at radius 1 is 1.62 bits per heavy atom. The van der Waals surface area contributed by atoms with Crippen LogP contribution in [-0.2, 0) is 9.53 Å². The van der Waals surface area contributed by atoms with E-state index in [4.69, 9.17) is 9.84 Å². The molecule has 1 heterocycles. The van der Waals surface area contributed by atoms with Crippen molar-refractivity contribution in [2.75, 3.05) is 6.61 Å². The zero-order chi connectivity index (χ0) is 9.42. The number of cyclic esters (lactones) is 1. The molecule has 3 heteroatoms. The largest absolute Gasteiger partial charge is 0.459 e. The molecule has 0 aromatic carbocycles. The van der Waals surface area contributed by atoms with E-state index in [1.54, 1.807) is 0 Å². The number of fused-ring (bicyclic) bond motifs is 1. The van der Waals surface area contributed by atoms with Crippen LogP contribution < -0.4 is 0 Å². The minimum absolute atomic E-state index is 0.0165. The highest BCUT2D eigenvalue weighted by atomic mass is 16.6. The molecule has 72 valence electrons. The lowest BCUT2D eigenvalue weighted by atomic mass is 9.79. The molecule has 0 spiro atoms. The fourth-order valence-electron chi connectivity index (χ4n) is 2.20. The lowest BCUT2D eigenvalue weighted by Crippen LogP contribution is -2.25. The third-order valence-electron chi connectivity index (χ3n) is 2.93. The van der Waals surface area contributed by atoms with Crippen LogP contribution in [0.1, 0.15) is 13.3 Å². The van der Waals surface area contributed by atoms with E-state index in [0.29, 0.717) is 5.92 Å². The third kappa shape index (κ3) is 1.37. The number of aliphatic hydroxyl groups is 1. The standard InChI is InChI=1S/C10H14O3/c1-6-2-3-7-8(4-6)10(12)13-9(7)5-11/h2-3,6-9,11H,4-5H2,1H3/t6-,7+,8-,9+/m1/s1. The summed E-state index contributed by atoms with van der Waals surface area (Å²) < 4.78 is 5.07. The van der Waals surface area contributed by atoms with Crippen LogP contribution >= 0.6 is 0 Å². The maximum Gasteiger partial charge on any atom is 0.310 e. The second-order valence-corrected chi connectivity index (χ2v) is 3.94. The highest BCUT2D eigenvalue weighted by Crippen LogP contribution is 2.37. The minimum atomic E-state index is -0.304. The van der Waals surface area contributed by atoms with E-state index < -0.39 is 0 Å². The van der Waals surface area contributed by atoms with Crippen molar-refractivity contribution in [2.45, 2.75) is 19.4 Å². The van der Waals surface area contributed by atoms with Gasteiger partial charge in [0.1, 0.15) is 6.10 Å². The molecule has 0 bridgehead atoms. The summed E-state index contributed by atoms with van der Waals surface area (Å²) in [5.41, 5.74) is 0. The van der Waals surface area contributed by atoms with Gasteiger partial charge in [0.05, 0.1) is 12.5 Å². The molecule has 2 rings (SSSR count). The first-order valence-electron chi connectivity index (χ1n) is 4.72. The molecule has 1 N–H and O–H groups in total. The van der Waals surface area contributed by atoms with Crippen LogP contribution in [0.5, 0.6) is 0 Å².